The predicted octanol–water partition coefficient (Wildman–Crippen LogP) is 2.32. The molecular weight excluding hydrogens is 314 g/mol. The average Bonchev–Trinajstić information content (AvgIpc) is 3.22. The van der Waals surface area contributed by atoms with Gasteiger partial charge in [-0.15, -0.1) is 0 Å². The Morgan fingerprint density at radius 2 is 1.84 bits per heavy atom. The summed E-state index contributed by atoms with van der Waals surface area (Å²) in [7, 11) is 2.02. The molecule has 0 aliphatic carbocycles. The molecule has 0 saturated heterocycles. The lowest BCUT2D eigenvalue weighted by atomic mass is 10.2. The Bertz CT molecular complexity index is 991. The van der Waals surface area contributed by atoms with Crippen molar-refractivity contribution in [3.05, 3.63) is 60.0 Å². The number of nitrogens with zero attached hydrogens (tertiary/aromatic N) is 7. The summed E-state index contributed by atoms with van der Waals surface area (Å²) in [5.74, 6) is 1.82. The second-order valence-electron chi connectivity index (χ2n) is 6.14. The predicted molar refractivity (Wildman–Crippen MR) is 94.1 cm³/mol. The van der Waals surface area contributed by atoms with Gasteiger partial charge >= 0.3 is 0 Å². The summed E-state index contributed by atoms with van der Waals surface area (Å²) < 4.78 is 3.92. The van der Waals surface area contributed by atoms with E-state index in [0.717, 1.165) is 52.8 Å². The third kappa shape index (κ3) is 2.88. The van der Waals surface area contributed by atoms with E-state index in [1.165, 1.54) is 0 Å². The largest absolute Gasteiger partial charge is 0.337 e. The first kappa shape index (κ1) is 15.4. The van der Waals surface area contributed by atoms with Gasteiger partial charge in [0.2, 0.25) is 0 Å². The Morgan fingerprint density at radius 1 is 1.04 bits per heavy atom. The zero-order chi connectivity index (χ0) is 17.4. The second kappa shape index (κ2) is 6.08. The van der Waals surface area contributed by atoms with Crippen molar-refractivity contribution in [2.24, 2.45) is 7.05 Å². The first-order valence-corrected chi connectivity index (χ1v) is 8.22. The SMILES string of the molecule is Cc1ncc(C)n2nc(CCc3nc(-c4ccncc4)cn3C)nc12. The van der Waals surface area contributed by atoms with E-state index in [2.05, 4.69) is 24.6 Å². The monoisotopic (exact) mass is 333 g/mol. The number of rotatable bonds is 4. The standard InChI is InChI=1S/C18H19N7/c1-12-10-20-13(2)18-22-16(23-25(12)18)4-5-17-21-15(11-24(17)3)14-6-8-19-9-7-14/h6-11H,4-5H2,1-3H3. The number of aromatic nitrogens is 7. The molecule has 0 bridgehead atoms. The van der Waals surface area contributed by atoms with Crippen LogP contribution in [0.2, 0.25) is 0 Å². The molecule has 0 radical (unpaired) electrons. The van der Waals surface area contributed by atoms with Crippen LogP contribution < -0.4 is 0 Å². The smallest absolute Gasteiger partial charge is 0.177 e. The first-order valence-electron chi connectivity index (χ1n) is 8.22. The van der Waals surface area contributed by atoms with Gasteiger partial charge in [0, 0.05) is 50.2 Å². The van der Waals surface area contributed by atoms with Crippen LogP contribution in [0.25, 0.3) is 16.9 Å². The summed E-state index contributed by atoms with van der Waals surface area (Å²) in [5, 5.41) is 4.60. The summed E-state index contributed by atoms with van der Waals surface area (Å²) in [4.78, 5) is 17.8. The van der Waals surface area contributed by atoms with E-state index in [1.807, 2.05) is 49.9 Å². The maximum Gasteiger partial charge on any atom is 0.177 e. The van der Waals surface area contributed by atoms with Crippen LogP contribution in [0.1, 0.15) is 23.0 Å². The summed E-state index contributed by atoms with van der Waals surface area (Å²) in [6.45, 7) is 3.94. The number of aryl methyl sites for hydroxylation is 5. The molecule has 0 aromatic carbocycles. The van der Waals surface area contributed by atoms with Gasteiger partial charge < -0.3 is 4.57 Å². The molecule has 7 nitrogen and oxygen atoms in total. The second-order valence-corrected chi connectivity index (χ2v) is 6.14. The minimum Gasteiger partial charge on any atom is -0.337 e. The maximum absolute atomic E-state index is 4.74. The van der Waals surface area contributed by atoms with Crippen molar-refractivity contribution in [2.45, 2.75) is 26.7 Å². The van der Waals surface area contributed by atoms with Crippen molar-refractivity contribution in [2.75, 3.05) is 0 Å². The minimum atomic E-state index is 0.737. The summed E-state index contributed by atoms with van der Waals surface area (Å²) in [5.41, 5.74) is 4.73. The Kier molecular flexibility index (Phi) is 3.76. The fourth-order valence-electron chi connectivity index (χ4n) is 2.87. The first-order chi connectivity index (χ1) is 12.1. The third-order valence-electron chi connectivity index (χ3n) is 4.27. The lowest BCUT2D eigenvalue weighted by molar-refractivity contribution is 0.742. The molecule has 0 aliphatic rings. The molecule has 0 amide bonds. The van der Waals surface area contributed by atoms with E-state index in [9.17, 15) is 0 Å². The fourth-order valence-corrected chi connectivity index (χ4v) is 2.87. The number of hydrogen-bond acceptors (Lipinski definition) is 5. The number of fused-ring (bicyclic) bond motifs is 1. The van der Waals surface area contributed by atoms with Gasteiger partial charge in [-0.3, -0.25) is 9.97 Å². The van der Waals surface area contributed by atoms with Crippen LogP contribution in [0.4, 0.5) is 0 Å². The molecule has 4 aromatic heterocycles. The van der Waals surface area contributed by atoms with Gasteiger partial charge in [0.25, 0.3) is 0 Å². The van der Waals surface area contributed by atoms with E-state index in [0.29, 0.717) is 0 Å². The minimum absolute atomic E-state index is 0.737. The van der Waals surface area contributed by atoms with Crippen LogP contribution in [0, 0.1) is 13.8 Å². The Labute approximate surface area is 145 Å². The van der Waals surface area contributed by atoms with Crippen LogP contribution in [0.3, 0.4) is 0 Å². The van der Waals surface area contributed by atoms with Crippen molar-refractivity contribution in [1.29, 1.82) is 0 Å². The van der Waals surface area contributed by atoms with Gasteiger partial charge in [-0.2, -0.15) is 5.10 Å². The molecule has 4 aromatic rings. The molecule has 0 aliphatic heterocycles. The van der Waals surface area contributed by atoms with Gasteiger partial charge in [0.05, 0.1) is 17.1 Å². The Balaban J connectivity index is 1.57. The van der Waals surface area contributed by atoms with Crippen LogP contribution in [0.5, 0.6) is 0 Å². The van der Waals surface area contributed by atoms with Crippen LogP contribution in [-0.2, 0) is 19.9 Å². The normalized spacial score (nSPS) is 11.3. The molecule has 0 N–H and O–H groups in total. The summed E-state index contributed by atoms with van der Waals surface area (Å²) in [6, 6.07) is 3.93. The van der Waals surface area contributed by atoms with E-state index in [-0.39, 0.29) is 0 Å². The van der Waals surface area contributed by atoms with Crippen LogP contribution in [-0.4, -0.2) is 34.1 Å². The van der Waals surface area contributed by atoms with E-state index in [4.69, 9.17) is 4.98 Å². The highest BCUT2D eigenvalue weighted by Gasteiger charge is 2.12. The van der Waals surface area contributed by atoms with E-state index < -0.39 is 0 Å². The molecule has 7 heteroatoms. The summed E-state index contributed by atoms with van der Waals surface area (Å²) in [6.07, 6.45) is 8.94. The highest BCUT2D eigenvalue weighted by Crippen LogP contribution is 2.18. The molecule has 0 spiro atoms. The third-order valence-corrected chi connectivity index (χ3v) is 4.27. The molecular formula is C18H19N7. The van der Waals surface area contributed by atoms with Gasteiger partial charge in [-0.05, 0) is 26.0 Å². The zero-order valence-electron chi connectivity index (χ0n) is 14.5. The topological polar surface area (TPSA) is 73.8 Å². The van der Waals surface area contributed by atoms with Crippen molar-refractivity contribution in [3.8, 4) is 11.3 Å². The number of pyridine rings is 1. The summed E-state index contributed by atoms with van der Waals surface area (Å²) >= 11 is 0. The molecule has 0 atom stereocenters. The highest BCUT2D eigenvalue weighted by atomic mass is 15.3. The fraction of sp³-hybridized carbons (Fsp3) is 0.278. The van der Waals surface area contributed by atoms with Crippen LogP contribution in [0.15, 0.2) is 36.9 Å². The Hall–Kier alpha value is -3.09. The van der Waals surface area contributed by atoms with Crippen LogP contribution >= 0.6 is 0 Å². The van der Waals surface area contributed by atoms with Gasteiger partial charge in [-0.25, -0.2) is 14.5 Å². The molecule has 0 saturated carbocycles. The molecule has 25 heavy (non-hydrogen) atoms. The van der Waals surface area contributed by atoms with Crippen molar-refractivity contribution >= 4 is 5.65 Å². The molecule has 4 rings (SSSR count). The van der Waals surface area contributed by atoms with Gasteiger partial charge in [-0.1, -0.05) is 0 Å². The van der Waals surface area contributed by atoms with Crippen molar-refractivity contribution in [3.63, 3.8) is 0 Å². The molecule has 126 valence electrons. The number of imidazole rings is 1. The quantitative estimate of drug-likeness (QED) is 0.573. The molecule has 0 unspecified atom stereocenters. The zero-order valence-corrected chi connectivity index (χ0v) is 14.5. The highest BCUT2D eigenvalue weighted by molar-refractivity contribution is 5.57. The maximum atomic E-state index is 4.74. The van der Waals surface area contributed by atoms with E-state index >= 15 is 0 Å². The molecule has 0 fully saturated rings. The van der Waals surface area contributed by atoms with Crippen molar-refractivity contribution in [1.82, 2.24) is 34.1 Å². The lowest BCUT2D eigenvalue weighted by Crippen LogP contribution is -2.01. The average molecular weight is 333 g/mol. The van der Waals surface area contributed by atoms with Gasteiger partial charge in [0.1, 0.15) is 5.82 Å². The van der Waals surface area contributed by atoms with Gasteiger partial charge in [0.15, 0.2) is 11.5 Å². The number of hydrogen-bond donors (Lipinski definition) is 0. The van der Waals surface area contributed by atoms with Crippen molar-refractivity contribution < 1.29 is 0 Å². The van der Waals surface area contributed by atoms with E-state index in [1.54, 1.807) is 12.4 Å². The Morgan fingerprint density at radius 3 is 2.60 bits per heavy atom. The lowest BCUT2D eigenvalue weighted by Gasteiger charge is -1.98. The molecule has 4 heterocycles.